The zero-order valence-electron chi connectivity index (χ0n) is 22.1. The van der Waals surface area contributed by atoms with Crippen LogP contribution >= 0.6 is 0 Å². The number of aromatic nitrogens is 2. The van der Waals surface area contributed by atoms with Gasteiger partial charge in [-0.15, -0.1) is 0 Å². The number of fused-ring (bicyclic) bond motifs is 3. The van der Waals surface area contributed by atoms with Crippen molar-refractivity contribution in [3.63, 3.8) is 0 Å². The van der Waals surface area contributed by atoms with Gasteiger partial charge < -0.3 is 14.8 Å². The van der Waals surface area contributed by atoms with Crippen molar-refractivity contribution in [3.8, 4) is 11.5 Å². The van der Waals surface area contributed by atoms with Crippen LogP contribution in [0.3, 0.4) is 0 Å². The third-order valence-electron chi connectivity index (χ3n) is 7.05. The fourth-order valence-electron chi connectivity index (χ4n) is 5.12. The number of ether oxygens (including phenoxy) is 2. The molecule has 1 fully saturated rings. The molecule has 2 aliphatic rings. The molecule has 0 radical (unpaired) electrons. The van der Waals surface area contributed by atoms with Crippen molar-refractivity contribution in [1.82, 2.24) is 15.1 Å². The first-order chi connectivity index (χ1) is 19.2. The summed E-state index contributed by atoms with van der Waals surface area (Å²) in [4.78, 5) is 54.1. The molecule has 12 nitrogen and oxygen atoms in total. The molecule has 1 saturated carbocycles. The predicted molar refractivity (Wildman–Crippen MR) is 143 cm³/mol. The SMILES string of the molecule is C=N/C(=N\[NH2+]C(=O)c1ccccc1OC(C)=O)c1c2c(nn1C(=O)c1ccccc1OC(C)=O)C1CC1(NC)C2. The van der Waals surface area contributed by atoms with E-state index in [1.807, 2.05) is 7.05 Å². The van der Waals surface area contributed by atoms with Gasteiger partial charge in [0, 0.05) is 30.9 Å². The van der Waals surface area contributed by atoms with Gasteiger partial charge in [-0.05, 0) is 50.9 Å². The number of carbonyl (C=O) groups excluding carboxylic acids is 4. The lowest BCUT2D eigenvalue weighted by Gasteiger charge is -2.13. The van der Waals surface area contributed by atoms with E-state index in [0.29, 0.717) is 12.1 Å². The van der Waals surface area contributed by atoms with Crippen molar-refractivity contribution in [2.24, 2.45) is 10.1 Å². The standard InChI is InChI=1S/C28H26N6O6/c1-15(35)39-21-11-7-5-9-17(21)26(37)32-31-25(29-3)24-19-13-28(30-4)14-20(28)23(19)33-34(24)27(38)18-10-6-8-12-22(18)40-16(2)36/h5-12,20,30H,3,13-14H2,1-2,4H3,(H,32,37)/p+1/b31-25-. The number of carbonyl (C=O) groups is 4. The molecule has 0 bridgehead atoms. The molecule has 2 unspecified atom stereocenters. The topological polar surface area (TPSA) is 158 Å². The van der Waals surface area contributed by atoms with Gasteiger partial charge in [-0.1, -0.05) is 29.4 Å². The van der Waals surface area contributed by atoms with Crippen LogP contribution in [0.2, 0.25) is 0 Å². The molecule has 3 aromatic rings. The van der Waals surface area contributed by atoms with E-state index >= 15 is 0 Å². The van der Waals surface area contributed by atoms with E-state index in [1.165, 1.54) is 42.8 Å². The number of nitrogens with zero attached hydrogens (tertiary/aromatic N) is 4. The number of para-hydroxylation sites is 2. The number of nitrogens with one attached hydrogen (secondary N) is 1. The van der Waals surface area contributed by atoms with Crippen molar-refractivity contribution >= 4 is 36.3 Å². The summed E-state index contributed by atoms with van der Waals surface area (Å²) < 4.78 is 11.6. The van der Waals surface area contributed by atoms with E-state index < -0.39 is 23.8 Å². The Morgan fingerprint density at radius 2 is 1.62 bits per heavy atom. The minimum absolute atomic E-state index is 0.0120. The summed E-state index contributed by atoms with van der Waals surface area (Å²) in [5, 5.41) is 12.3. The van der Waals surface area contributed by atoms with Gasteiger partial charge in [-0.25, -0.2) is 9.79 Å². The Morgan fingerprint density at radius 1 is 1.02 bits per heavy atom. The van der Waals surface area contributed by atoms with Gasteiger partial charge in [0.1, 0.15) is 22.8 Å². The van der Waals surface area contributed by atoms with Crippen molar-refractivity contribution in [2.45, 2.75) is 38.1 Å². The summed E-state index contributed by atoms with van der Waals surface area (Å²) in [5.74, 6) is -1.93. The highest BCUT2D eigenvalue weighted by atomic mass is 16.5. The minimum atomic E-state index is -0.572. The molecule has 0 saturated heterocycles. The first kappa shape index (κ1) is 26.8. The second-order valence-electron chi connectivity index (χ2n) is 9.55. The summed E-state index contributed by atoms with van der Waals surface area (Å²) >= 11 is 0. The second kappa shape index (κ2) is 10.4. The normalized spacial score (nSPS) is 18.9. The minimum Gasteiger partial charge on any atom is -0.426 e. The van der Waals surface area contributed by atoms with Crippen LogP contribution in [0.5, 0.6) is 11.5 Å². The molecule has 204 valence electrons. The third-order valence-corrected chi connectivity index (χ3v) is 7.05. The lowest BCUT2D eigenvalue weighted by molar-refractivity contribution is -0.560. The molecule has 1 heterocycles. The quantitative estimate of drug-likeness (QED) is 0.112. The number of aliphatic imine (C=N–C) groups is 1. The number of esters is 2. The molecule has 40 heavy (non-hydrogen) atoms. The average molecular weight is 544 g/mol. The van der Waals surface area contributed by atoms with Crippen molar-refractivity contribution in [1.29, 1.82) is 0 Å². The average Bonchev–Trinajstić information content (AvgIpc) is 3.39. The molecule has 0 spiro atoms. The monoisotopic (exact) mass is 543 g/mol. The lowest BCUT2D eigenvalue weighted by Crippen LogP contribution is -2.82. The van der Waals surface area contributed by atoms with E-state index in [0.717, 1.165) is 23.1 Å². The Balaban J connectivity index is 1.55. The molecule has 1 aromatic heterocycles. The number of amidine groups is 1. The molecule has 12 heteroatoms. The number of nitrogens with two attached hydrogens (primary N) is 1. The highest BCUT2D eigenvalue weighted by Crippen LogP contribution is 2.59. The van der Waals surface area contributed by atoms with Crippen LogP contribution in [0.15, 0.2) is 58.6 Å². The predicted octanol–water partition coefficient (Wildman–Crippen LogP) is 1.19. The Labute approximate surface area is 229 Å². The van der Waals surface area contributed by atoms with Crippen LogP contribution in [0, 0.1) is 0 Å². The van der Waals surface area contributed by atoms with Gasteiger partial charge in [0.2, 0.25) is 5.84 Å². The van der Waals surface area contributed by atoms with Gasteiger partial charge >= 0.3 is 17.8 Å². The van der Waals surface area contributed by atoms with E-state index in [9.17, 15) is 19.2 Å². The molecule has 3 N–H and O–H groups in total. The Kier molecular flexibility index (Phi) is 6.96. The van der Waals surface area contributed by atoms with Gasteiger partial charge in [0.25, 0.3) is 5.91 Å². The van der Waals surface area contributed by atoms with Crippen LogP contribution in [-0.4, -0.2) is 58.7 Å². The molecular weight excluding hydrogens is 516 g/mol. The first-order valence-corrected chi connectivity index (χ1v) is 12.5. The highest BCUT2D eigenvalue weighted by Gasteiger charge is 2.62. The fraction of sp³-hybridized carbons (Fsp3) is 0.250. The van der Waals surface area contributed by atoms with Gasteiger partial charge in [0.15, 0.2) is 0 Å². The van der Waals surface area contributed by atoms with E-state index in [-0.39, 0.29) is 39.9 Å². The molecule has 1 amide bonds. The smallest absolute Gasteiger partial charge is 0.372 e. The van der Waals surface area contributed by atoms with Gasteiger partial charge in [-0.2, -0.15) is 15.2 Å². The van der Waals surface area contributed by atoms with E-state index in [4.69, 9.17) is 9.47 Å². The maximum absolute atomic E-state index is 13.8. The van der Waals surface area contributed by atoms with Crippen molar-refractivity contribution in [3.05, 3.63) is 76.6 Å². The number of hydrogen-bond acceptors (Lipinski definition) is 9. The Bertz CT molecular complexity index is 1610. The molecule has 0 aliphatic heterocycles. The number of quaternary nitrogens is 1. The van der Waals surface area contributed by atoms with Gasteiger partial charge in [0.05, 0.1) is 11.3 Å². The lowest BCUT2D eigenvalue weighted by atomic mass is 10.1. The highest BCUT2D eigenvalue weighted by molar-refractivity contribution is 6.08. The Morgan fingerprint density at radius 3 is 2.23 bits per heavy atom. The number of likely N-dealkylation sites (N-methyl/N-ethyl adjacent to an activating group) is 1. The summed E-state index contributed by atoms with van der Waals surface area (Å²) in [5.41, 5.74) is 2.95. The largest absolute Gasteiger partial charge is 0.426 e. The molecular formula is C28H27N6O6+. The summed E-state index contributed by atoms with van der Waals surface area (Å²) in [7, 11) is 1.88. The van der Waals surface area contributed by atoms with Crippen LogP contribution < -0.4 is 20.2 Å². The van der Waals surface area contributed by atoms with Gasteiger partial charge in [-0.3, -0.25) is 14.4 Å². The molecule has 2 atom stereocenters. The zero-order chi connectivity index (χ0) is 28.6. The molecule has 2 aliphatic carbocycles. The number of hydrogen-bond donors (Lipinski definition) is 2. The van der Waals surface area contributed by atoms with Crippen LogP contribution in [0.4, 0.5) is 0 Å². The summed E-state index contributed by atoms with van der Waals surface area (Å²) in [6, 6.07) is 12.6. The molecule has 5 rings (SSSR count). The van der Waals surface area contributed by atoms with Crippen LogP contribution in [0.1, 0.15) is 63.9 Å². The number of rotatable bonds is 7. The van der Waals surface area contributed by atoms with E-state index in [2.05, 4.69) is 27.2 Å². The van der Waals surface area contributed by atoms with Crippen LogP contribution in [-0.2, 0) is 16.0 Å². The molecule has 2 aromatic carbocycles. The maximum Gasteiger partial charge on any atom is 0.372 e. The second-order valence-corrected chi connectivity index (χ2v) is 9.55. The van der Waals surface area contributed by atoms with E-state index in [1.54, 1.807) is 24.3 Å². The first-order valence-electron chi connectivity index (χ1n) is 12.5. The zero-order valence-corrected chi connectivity index (χ0v) is 22.1. The number of amides is 1. The number of primary amides is 1. The van der Waals surface area contributed by atoms with Crippen LogP contribution in [0.25, 0.3) is 0 Å². The van der Waals surface area contributed by atoms with Crippen molar-refractivity contribution < 1.29 is 34.1 Å². The summed E-state index contributed by atoms with van der Waals surface area (Å²) in [6.07, 6.45) is 1.45. The summed E-state index contributed by atoms with van der Waals surface area (Å²) in [6.45, 7) is 6.12. The maximum atomic E-state index is 13.8. The van der Waals surface area contributed by atoms with Crippen molar-refractivity contribution in [2.75, 3.05) is 7.05 Å². The fourth-order valence-corrected chi connectivity index (χ4v) is 5.12. The number of benzene rings is 2. The third kappa shape index (κ3) is 4.74. The Hall–Kier alpha value is -4.81.